The number of hydrogen-bond donors (Lipinski definition) is 1. The lowest BCUT2D eigenvalue weighted by Crippen LogP contribution is -2.14. The molecule has 2 aromatic heterocycles. The number of aromatic nitrogens is 4. The summed E-state index contributed by atoms with van der Waals surface area (Å²) in [6, 6.07) is 25.6. The number of nitrogens with one attached hydrogen (secondary N) is 1. The Morgan fingerprint density at radius 3 is 2.48 bits per heavy atom. The Morgan fingerprint density at radius 1 is 0.935 bits per heavy atom. The van der Waals surface area contributed by atoms with Crippen molar-refractivity contribution in [1.82, 2.24) is 19.6 Å². The smallest absolute Gasteiger partial charge is 0.234 e. The number of para-hydroxylation sites is 1. The molecule has 7 heteroatoms. The van der Waals surface area contributed by atoms with Crippen LogP contribution in [0.15, 0.2) is 84.0 Å². The molecule has 6 nitrogen and oxygen atoms in total. The van der Waals surface area contributed by atoms with E-state index in [9.17, 15) is 4.79 Å². The Morgan fingerprint density at radius 2 is 1.68 bits per heavy atom. The fraction of sp³-hybridized carbons (Fsp3) is 0.0833. The van der Waals surface area contributed by atoms with Gasteiger partial charge >= 0.3 is 0 Å². The monoisotopic (exact) mass is 425 g/mol. The molecule has 0 spiro atoms. The third-order valence-electron chi connectivity index (χ3n) is 4.92. The average Bonchev–Trinajstić information content (AvgIpc) is 3.24. The summed E-state index contributed by atoms with van der Waals surface area (Å²) in [5, 5.41) is 13.3. The van der Waals surface area contributed by atoms with Gasteiger partial charge in [-0.25, -0.2) is 4.98 Å². The summed E-state index contributed by atoms with van der Waals surface area (Å²) >= 11 is 1.34. The Balaban J connectivity index is 1.50. The van der Waals surface area contributed by atoms with Crippen LogP contribution in [0.2, 0.25) is 0 Å². The zero-order valence-electron chi connectivity index (χ0n) is 16.8. The summed E-state index contributed by atoms with van der Waals surface area (Å²) in [5.41, 5.74) is 4.47. The number of anilines is 1. The zero-order chi connectivity index (χ0) is 21.2. The first-order valence-corrected chi connectivity index (χ1v) is 10.9. The third kappa shape index (κ3) is 3.87. The van der Waals surface area contributed by atoms with E-state index in [2.05, 4.69) is 15.5 Å². The van der Waals surface area contributed by atoms with Crippen LogP contribution in [-0.2, 0) is 4.79 Å². The van der Waals surface area contributed by atoms with Gasteiger partial charge in [-0.15, -0.1) is 10.2 Å². The highest BCUT2D eigenvalue weighted by Gasteiger charge is 2.17. The first kappa shape index (κ1) is 19.3. The number of thioether (sulfide) groups is 1. The number of aryl methyl sites for hydroxylation is 1. The minimum Gasteiger partial charge on any atom is -0.325 e. The van der Waals surface area contributed by atoms with Crippen molar-refractivity contribution in [3.05, 3.63) is 84.4 Å². The van der Waals surface area contributed by atoms with Gasteiger partial charge in [-0.3, -0.25) is 9.20 Å². The van der Waals surface area contributed by atoms with Gasteiger partial charge in [0.05, 0.1) is 11.3 Å². The van der Waals surface area contributed by atoms with Gasteiger partial charge in [0.2, 0.25) is 5.91 Å². The van der Waals surface area contributed by atoms with Crippen molar-refractivity contribution in [3.63, 3.8) is 0 Å². The lowest BCUT2D eigenvalue weighted by Gasteiger charge is -2.09. The molecule has 0 saturated carbocycles. The fourth-order valence-electron chi connectivity index (χ4n) is 3.40. The standard InChI is InChI=1S/C24H19N5OS/c1-16-11-13-18(14-12-16)25-21(30)15-31-24-28-27-23-19-9-5-6-10-20(19)26-22(29(23)24)17-7-3-2-4-8-17/h2-14H,15H2,1H3,(H,25,30). The molecular weight excluding hydrogens is 406 g/mol. The van der Waals surface area contributed by atoms with Crippen molar-refractivity contribution < 1.29 is 4.79 Å². The third-order valence-corrected chi connectivity index (χ3v) is 5.85. The number of carbonyl (C=O) groups is 1. The summed E-state index contributed by atoms with van der Waals surface area (Å²) in [6.07, 6.45) is 0. The van der Waals surface area contributed by atoms with Crippen LogP contribution in [0, 0.1) is 6.92 Å². The molecule has 0 unspecified atom stereocenters. The van der Waals surface area contributed by atoms with Gasteiger partial charge in [0.1, 0.15) is 5.82 Å². The number of amides is 1. The minimum absolute atomic E-state index is 0.0967. The molecule has 0 bridgehead atoms. The van der Waals surface area contributed by atoms with Crippen LogP contribution in [-0.4, -0.2) is 31.2 Å². The van der Waals surface area contributed by atoms with Gasteiger partial charge in [-0.05, 0) is 31.2 Å². The average molecular weight is 426 g/mol. The highest BCUT2D eigenvalue weighted by atomic mass is 32.2. The van der Waals surface area contributed by atoms with Crippen molar-refractivity contribution in [2.24, 2.45) is 0 Å². The molecular formula is C24H19N5OS. The summed E-state index contributed by atoms with van der Waals surface area (Å²) in [7, 11) is 0. The second-order valence-electron chi connectivity index (χ2n) is 7.16. The molecule has 5 aromatic rings. The first-order chi connectivity index (χ1) is 15.2. The Bertz CT molecular complexity index is 1380. The predicted octanol–water partition coefficient (Wildman–Crippen LogP) is 4.98. The molecule has 0 radical (unpaired) electrons. The van der Waals surface area contributed by atoms with Crippen LogP contribution >= 0.6 is 11.8 Å². The number of benzene rings is 3. The second kappa shape index (κ2) is 8.20. The van der Waals surface area contributed by atoms with Crippen LogP contribution < -0.4 is 5.32 Å². The molecule has 0 aliphatic rings. The van der Waals surface area contributed by atoms with Crippen molar-refractivity contribution in [1.29, 1.82) is 0 Å². The molecule has 152 valence electrons. The van der Waals surface area contributed by atoms with Crippen molar-refractivity contribution in [2.75, 3.05) is 11.1 Å². The number of fused-ring (bicyclic) bond motifs is 3. The number of nitrogens with zero attached hydrogens (tertiary/aromatic N) is 4. The van der Waals surface area contributed by atoms with E-state index in [1.165, 1.54) is 11.8 Å². The summed E-state index contributed by atoms with van der Waals surface area (Å²) in [5.74, 6) is 0.872. The Kier molecular flexibility index (Phi) is 5.09. The summed E-state index contributed by atoms with van der Waals surface area (Å²) in [6.45, 7) is 2.01. The quantitative estimate of drug-likeness (QED) is 0.402. The molecule has 3 aromatic carbocycles. The lowest BCUT2D eigenvalue weighted by molar-refractivity contribution is -0.113. The van der Waals surface area contributed by atoms with Gasteiger partial charge in [0.25, 0.3) is 0 Å². The van der Waals surface area contributed by atoms with E-state index < -0.39 is 0 Å². The van der Waals surface area contributed by atoms with Gasteiger partial charge in [-0.1, -0.05) is 71.9 Å². The van der Waals surface area contributed by atoms with E-state index in [4.69, 9.17) is 4.98 Å². The largest absolute Gasteiger partial charge is 0.325 e. The summed E-state index contributed by atoms with van der Waals surface area (Å²) < 4.78 is 1.93. The fourth-order valence-corrected chi connectivity index (χ4v) is 4.13. The van der Waals surface area contributed by atoms with Gasteiger partial charge in [-0.2, -0.15) is 0 Å². The van der Waals surface area contributed by atoms with E-state index in [0.29, 0.717) is 5.16 Å². The number of rotatable bonds is 5. The maximum absolute atomic E-state index is 12.5. The van der Waals surface area contributed by atoms with Gasteiger partial charge < -0.3 is 5.32 Å². The topological polar surface area (TPSA) is 72.2 Å². The molecule has 1 amide bonds. The normalized spacial score (nSPS) is 11.1. The number of hydrogen-bond acceptors (Lipinski definition) is 5. The second-order valence-corrected chi connectivity index (χ2v) is 8.11. The molecule has 2 heterocycles. The minimum atomic E-state index is -0.0967. The van der Waals surface area contributed by atoms with E-state index in [-0.39, 0.29) is 11.7 Å². The molecule has 0 aliphatic heterocycles. The number of carbonyl (C=O) groups excluding carboxylic acids is 1. The molecule has 5 rings (SSSR count). The van der Waals surface area contributed by atoms with Crippen molar-refractivity contribution >= 4 is 39.9 Å². The zero-order valence-corrected chi connectivity index (χ0v) is 17.6. The van der Waals surface area contributed by atoms with Crippen molar-refractivity contribution in [2.45, 2.75) is 12.1 Å². The van der Waals surface area contributed by atoms with E-state index in [0.717, 1.165) is 39.2 Å². The highest BCUT2D eigenvalue weighted by molar-refractivity contribution is 7.99. The molecule has 31 heavy (non-hydrogen) atoms. The van der Waals surface area contributed by atoms with Crippen molar-refractivity contribution in [3.8, 4) is 11.4 Å². The van der Waals surface area contributed by atoms with E-state index >= 15 is 0 Å². The van der Waals surface area contributed by atoms with Gasteiger partial charge in [0, 0.05) is 16.6 Å². The van der Waals surface area contributed by atoms with Crippen LogP contribution in [0.3, 0.4) is 0 Å². The first-order valence-electron chi connectivity index (χ1n) is 9.88. The van der Waals surface area contributed by atoms with E-state index in [1.54, 1.807) is 0 Å². The lowest BCUT2D eigenvalue weighted by atomic mass is 10.2. The van der Waals surface area contributed by atoms with E-state index in [1.807, 2.05) is 90.2 Å². The maximum Gasteiger partial charge on any atom is 0.234 e. The molecule has 0 aliphatic carbocycles. The molecule has 0 saturated heterocycles. The van der Waals surface area contributed by atoms with Gasteiger partial charge in [0.15, 0.2) is 10.8 Å². The Hall–Kier alpha value is -3.71. The predicted molar refractivity (Wildman–Crippen MR) is 124 cm³/mol. The van der Waals surface area contributed by atoms with Crippen LogP contribution in [0.1, 0.15) is 5.56 Å². The van der Waals surface area contributed by atoms with Crippen LogP contribution in [0.25, 0.3) is 27.9 Å². The summed E-state index contributed by atoms with van der Waals surface area (Å²) in [4.78, 5) is 17.4. The maximum atomic E-state index is 12.5. The Labute approximate surface area is 183 Å². The SMILES string of the molecule is Cc1ccc(NC(=O)CSc2nnc3c4ccccc4nc(-c4ccccc4)n23)cc1. The highest BCUT2D eigenvalue weighted by Crippen LogP contribution is 2.29. The van der Waals surface area contributed by atoms with Crippen LogP contribution in [0.5, 0.6) is 0 Å². The molecule has 1 N–H and O–H groups in total. The molecule has 0 atom stereocenters. The molecule has 0 fully saturated rings. The van der Waals surface area contributed by atoms with Crippen LogP contribution in [0.4, 0.5) is 5.69 Å².